The molecule has 27 heavy (non-hydrogen) atoms. The van der Waals surface area contributed by atoms with Gasteiger partial charge in [-0.05, 0) is 54.4 Å². The summed E-state index contributed by atoms with van der Waals surface area (Å²) in [5, 5.41) is 3.70. The highest BCUT2D eigenvalue weighted by molar-refractivity contribution is 7.21. The Balaban J connectivity index is 1.67. The Kier molecular flexibility index (Phi) is 4.38. The summed E-state index contributed by atoms with van der Waals surface area (Å²) in [7, 11) is 0. The number of amides is 1. The van der Waals surface area contributed by atoms with Gasteiger partial charge in [-0.2, -0.15) is 0 Å². The maximum Gasteiger partial charge on any atom is 0.269 e. The van der Waals surface area contributed by atoms with Crippen LogP contribution in [0, 0.1) is 11.3 Å². The third-order valence-corrected chi connectivity index (χ3v) is 6.54. The molecule has 4 rings (SSSR count). The van der Waals surface area contributed by atoms with Crippen molar-refractivity contribution in [2.75, 3.05) is 11.1 Å². The van der Waals surface area contributed by atoms with E-state index in [1.165, 1.54) is 16.9 Å². The highest BCUT2D eigenvalue weighted by Gasteiger charge is 2.30. The van der Waals surface area contributed by atoms with E-state index in [4.69, 9.17) is 10.7 Å². The monoisotopic (exact) mass is 380 g/mol. The highest BCUT2D eigenvalue weighted by Crippen LogP contribution is 2.40. The number of nitrogens with one attached hydrogen (secondary N) is 1. The number of carbonyl (C=O) groups excluding carboxylic acids is 1. The van der Waals surface area contributed by atoms with Gasteiger partial charge in [-0.1, -0.05) is 26.8 Å². The van der Waals surface area contributed by atoms with E-state index in [9.17, 15) is 4.79 Å². The Labute approximate surface area is 163 Å². The molecule has 1 amide bonds. The fourth-order valence-corrected chi connectivity index (χ4v) is 4.70. The summed E-state index contributed by atoms with van der Waals surface area (Å²) in [5.74, 6) is 0.912. The van der Waals surface area contributed by atoms with Crippen molar-refractivity contribution in [2.24, 2.45) is 11.3 Å². The van der Waals surface area contributed by atoms with Gasteiger partial charge in [-0.3, -0.25) is 4.79 Å². The molecule has 0 aromatic carbocycles. The van der Waals surface area contributed by atoms with Crippen LogP contribution in [0.15, 0.2) is 30.5 Å². The van der Waals surface area contributed by atoms with E-state index in [1.807, 2.05) is 12.1 Å². The van der Waals surface area contributed by atoms with E-state index in [2.05, 4.69) is 37.1 Å². The molecule has 0 aliphatic heterocycles. The Morgan fingerprint density at radius 2 is 2.15 bits per heavy atom. The molecule has 5 nitrogen and oxygen atoms in total. The molecule has 3 N–H and O–H groups in total. The van der Waals surface area contributed by atoms with Gasteiger partial charge in [0, 0.05) is 17.3 Å². The maximum absolute atomic E-state index is 12.7. The molecule has 0 saturated carbocycles. The van der Waals surface area contributed by atoms with Crippen LogP contribution in [0.4, 0.5) is 11.5 Å². The molecule has 0 fully saturated rings. The number of thiophene rings is 1. The molecule has 3 aromatic rings. The molecule has 0 bridgehead atoms. The maximum atomic E-state index is 12.7. The quantitative estimate of drug-likeness (QED) is 0.676. The van der Waals surface area contributed by atoms with Gasteiger partial charge in [-0.15, -0.1) is 11.3 Å². The number of rotatable bonds is 2. The van der Waals surface area contributed by atoms with Crippen LogP contribution >= 0.6 is 11.3 Å². The molecule has 3 aromatic heterocycles. The van der Waals surface area contributed by atoms with E-state index < -0.39 is 0 Å². The number of nitrogen functional groups attached to an aromatic ring is 1. The van der Waals surface area contributed by atoms with Gasteiger partial charge in [0.25, 0.3) is 5.91 Å². The standard InChI is InChI=1S/C21H24N4OS/c1-21(2,3)13-7-8-15-12(10-13)11-14-17(22)18(27-20(14)24-15)19(26)25-16-6-4-5-9-23-16/h4-6,9,11,13H,7-8,10,22H2,1-3H3,(H,23,25,26). The SMILES string of the molecule is CC(C)(C)C1CCc2nc3sc(C(=O)Nc4ccccn4)c(N)c3cc2C1. The molecule has 1 unspecified atom stereocenters. The smallest absolute Gasteiger partial charge is 0.269 e. The number of hydrogen-bond donors (Lipinski definition) is 2. The molecule has 0 saturated heterocycles. The normalized spacial score (nSPS) is 16.9. The van der Waals surface area contributed by atoms with Gasteiger partial charge in [0.05, 0.1) is 5.69 Å². The summed E-state index contributed by atoms with van der Waals surface area (Å²) in [5.41, 5.74) is 9.55. The van der Waals surface area contributed by atoms with E-state index in [0.29, 0.717) is 22.3 Å². The van der Waals surface area contributed by atoms with Gasteiger partial charge in [0.15, 0.2) is 0 Å². The van der Waals surface area contributed by atoms with Crippen LogP contribution in [-0.2, 0) is 12.8 Å². The van der Waals surface area contributed by atoms with Gasteiger partial charge in [0.1, 0.15) is 15.5 Å². The fourth-order valence-electron chi connectivity index (χ4n) is 3.71. The molecule has 1 aliphatic rings. The molecular weight excluding hydrogens is 356 g/mol. The minimum Gasteiger partial charge on any atom is -0.397 e. The van der Waals surface area contributed by atoms with Crippen LogP contribution in [-0.4, -0.2) is 15.9 Å². The largest absolute Gasteiger partial charge is 0.397 e. The van der Waals surface area contributed by atoms with Gasteiger partial charge >= 0.3 is 0 Å². The minimum absolute atomic E-state index is 0.236. The number of anilines is 2. The van der Waals surface area contributed by atoms with E-state index in [1.54, 1.807) is 12.3 Å². The summed E-state index contributed by atoms with van der Waals surface area (Å²) in [6, 6.07) is 7.55. The third kappa shape index (κ3) is 3.41. The van der Waals surface area contributed by atoms with Gasteiger partial charge < -0.3 is 11.1 Å². The Bertz CT molecular complexity index is 1000. The number of nitrogens with two attached hydrogens (primary N) is 1. The Hall–Kier alpha value is -2.47. The predicted octanol–water partition coefficient (Wildman–Crippen LogP) is 4.68. The number of nitrogens with zero attached hydrogens (tertiary/aromatic N) is 2. The van der Waals surface area contributed by atoms with Crippen molar-refractivity contribution in [3.8, 4) is 0 Å². The molecule has 0 spiro atoms. The third-order valence-electron chi connectivity index (χ3n) is 5.42. The second-order valence-corrected chi connectivity index (χ2v) is 9.27. The van der Waals surface area contributed by atoms with Crippen LogP contribution in [0.25, 0.3) is 10.2 Å². The van der Waals surface area contributed by atoms with Crippen molar-refractivity contribution in [3.05, 3.63) is 46.6 Å². The first-order valence-corrected chi connectivity index (χ1v) is 10.1. The number of carbonyl (C=O) groups is 1. The fraction of sp³-hybridized carbons (Fsp3) is 0.381. The summed E-state index contributed by atoms with van der Waals surface area (Å²) in [6.45, 7) is 6.90. The lowest BCUT2D eigenvalue weighted by molar-refractivity contribution is 0.103. The minimum atomic E-state index is -0.236. The van der Waals surface area contributed by atoms with Crippen molar-refractivity contribution in [2.45, 2.75) is 40.0 Å². The first kappa shape index (κ1) is 17.9. The predicted molar refractivity (Wildman–Crippen MR) is 111 cm³/mol. The summed E-state index contributed by atoms with van der Waals surface area (Å²) in [4.78, 5) is 23.0. The van der Waals surface area contributed by atoms with Crippen molar-refractivity contribution in [1.29, 1.82) is 0 Å². The molecule has 1 atom stereocenters. The van der Waals surface area contributed by atoms with Crippen LogP contribution in [0.3, 0.4) is 0 Å². The molecule has 6 heteroatoms. The topological polar surface area (TPSA) is 80.9 Å². The Morgan fingerprint density at radius 1 is 1.33 bits per heavy atom. The Morgan fingerprint density at radius 3 is 2.85 bits per heavy atom. The number of hydrogen-bond acceptors (Lipinski definition) is 5. The molecule has 0 radical (unpaired) electrons. The van der Waals surface area contributed by atoms with Crippen molar-refractivity contribution in [3.63, 3.8) is 0 Å². The zero-order valence-electron chi connectivity index (χ0n) is 15.9. The highest BCUT2D eigenvalue weighted by atomic mass is 32.1. The van der Waals surface area contributed by atoms with E-state index in [0.717, 1.165) is 35.2 Å². The van der Waals surface area contributed by atoms with Gasteiger partial charge in [-0.25, -0.2) is 9.97 Å². The summed E-state index contributed by atoms with van der Waals surface area (Å²) < 4.78 is 0. The molecular formula is C21H24N4OS. The average molecular weight is 381 g/mol. The summed E-state index contributed by atoms with van der Waals surface area (Å²) in [6.07, 6.45) is 4.81. The van der Waals surface area contributed by atoms with E-state index in [-0.39, 0.29) is 11.3 Å². The second-order valence-electron chi connectivity index (χ2n) is 8.27. The first-order chi connectivity index (χ1) is 12.8. The second kappa shape index (κ2) is 6.60. The lowest BCUT2D eigenvalue weighted by atomic mass is 9.71. The number of aryl methyl sites for hydroxylation is 1. The molecule has 3 heterocycles. The van der Waals surface area contributed by atoms with Crippen LogP contribution in [0.1, 0.15) is 48.1 Å². The van der Waals surface area contributed by atoms with E-state index >= 15 is 0 Å². The number of aromatic nitrogens is 2. The lowest BCUT2D eigenvalue weighted by Crippen LogP contribution is -2.27. The van der Waals surface area contributed by atoms with Gasteiger partial charge in [0.2, 0.25) is 0 Å². The molecule has 1 aliphatic carbocycles. The number of pyridine rings is 2. The lowest BCUT2D eigenvalue weighted by Gasteiger charge is -2.34. The summed E-state index contributed by atoms with van der Waals surface area (Å²) >= 11 is 1.35. The van der Waals surface area contributed by atoms with Crippen LogP contribution < -0.4 is 11.1 Å². The van der Waals surface area contributed by atoms with Crippen LogP contribution in [0.5, 0.6) is 0 Å². The van der Waals surface area contributed by atoms with Crippen molar-refractivity contribution < 1.29 is 4.79 Å². The van der Waals surface area contributed by atoms with Crippen molar-refractivity contribution in [1.82, 2.24) is 9.97 Å². The first-order valence-electron chi connectivity index (χ1n) is 9.26. The zero-order valence-corrected chi connectivity index (χ0v) is 16.7. The van der Waals surface area contributed by atoms with Crippen molar-refractivity contribution >= 4 is 39.0 Å². The molecule has 140 valence electrons. The zero-order chi connectivity index (χ0) is 19.2. The van der Waals surface area contributed by atoms with Crippen LogP contribution in [0.2, 0.25) is 0 Å². The average Bonchev–Trinajstić information content (AvgIpc) is 2.95. The number of fused-ring (bicyclic) bond motifs is 2.